The molecule has 2 aromatic heterocycles. The van der Waals surface area contributed by atoms with Crippen molar-refractivity contribution in [2.24, 2.45) is 0 Å². The third kappa shape index (κ3) is 6.85. The largest absolute Gasteiger partial charge is 0.445 e. The molecule has 286 valence electrons. The second kappa shape index (κ2) is 15.3. The average Bonchev–Trinajstić information content (AvgIpc) is 3.88. The summed E-state index contributed by atoms with van der Waals surface area (Å²) in [6.07, 6.45) is 0. The Balaban J connectivity index is 1.33. The number of furan rings is 2. The predicted molar refractivity (Wildman–Crippen MR) is 244 cm³/mol. The van der Waals surface area contributed by atoms with Crippen LogP contribution in [-0.2, 0) is 0 Å². The van der Waals surface area contributed by atoms with E-state index < -0.39 is 0 Å². The molecule has 0 bridgehead atoms. The molecule has 58 heavy (non-hydrogen) atoms. The molecule has 4 heteroatoms. The van der Waals surface area contributed by atoms with Crippen molar-refractivity contribution in [3.63, 3.8) is 0 Å². The van der Waals surface area contributed by atoms with Crippen molar-refractivity contribution >= 4 is 56.1 Å². The molecule has 0 aliphatic heterocycles. The van der Waals surface area contributed by atoms with Crippen molar-refractivity contribution in [2.45, 2.75) is 53.4 Å². The van der Waals surface area contributed by atoms with Gasteiger partial charge in [0.05, 0.1) is 0 Å². The first-order chi connectivity index (χ1) is 28.2. The summed E-state index contributed by atoms with van der Waals surface area (Å²) < 4.78 is 12.7. The van der Waals surface area contributed by atoms with Gasteiger partial charge < -0.3 is 8.83 Å². The standard InChI is InChI=1S/C54H48N2O2/c1-35(2)39-19-23-43(24-20-39)55(51-31-17-37(5)57-51)45-27-29-47-49(33-45)53(41-13-9-7-10-14-41)48-30-28-46(34-50(48)54(47)42-15-11-8-12-16-42)56(52-32-18-38(6)58-52)44-25-21-40(22-26-44)36(3)4/h7-36H,1-6H3. The monoisotopic (exact) mass is 756 g/mol. The zero-order valence-electron chi connectivity index (χ0n) is 34.0. The number of anilines is 6. The Hall–Kier alpha value is -6.78. The zero-order valence-corrected chi connectivity index (χ0v) is 34.0. The zero-order chi connectivity index (χ0) is 39.9. The summed E-state index contributed by atoms with van der Waals surface area (Å²) in [7, 11) is 0. The van der Waals surface area contributed by atoms with Crippen LogP contribution in [0.5, 0.6) is 0 Å². The summed E-state index contributed by atoms with van der Waals surface area (Å²) in [5.74, 6) is 4.17. The highest BCUT2D eigenvalue weighted by molar-refractivity contribution is 6.22. The van der Waals surface area contributed by atoms with E-state index in [1.54, 1.807) is 0 Å². The molecule has 7 aromatic carbocycles. The lowest BCUT2D eigenvalue weighted by molar-refractivity contribution is 0.541. The van der Waals surface area contributed by atoms with E-state index in [2.05, 4.69) is 195 Å². The highest BCUT2D eigenvalue weighted by Crippen LogP contribution is 2.48. The molecule has 0 amide bonds. The Morgan fingerprint density at radius 2 is 0.724 bits per heavy atom. The molecular weight excluding hydrogens is 709 g/mol. The molecule has 0 aliphatic rings. The molecule has 0 saturated heterocycles. The van der Waals surface area contributed by atoms with E-state index in [0.717, 1.165) is 67.9 Å². The fourth-order valence-electron chi connectivity index (χ4n) is 8.22. The van der Waals surface area contributed by atoms with Gasteiger partial charge >= 0.3 is 0 Å². The maximum Gasteiger partial charge on any atom is 0.204 e. The summed E-state index contributed by atoms with van der Waals surface area (Å²) in [4.78, 5) is 4.46. The highest BCUT2D eigenvalue weighted by atomic mass is 16.4. The Kier molecular flexibility index (Phi) is 9.71. The fourth-order valence-corrected chi connectivity index (χ4v) is 8.22. The minimum Gasteiger partial charge on any atom is -0.445 e. The molecule has 0 spiro atoms. The van der Waals surface area contributed by atoms with Gasteiger partial charge in [-0.1, -0.05) is 125 Å². The van der Waals surface area contributed by atoms with Crippen LogP contribution in [0.15, 0.2) is 179 Å². The van der Waals surface area contributed by atoms with Gasteiger partial charge in [-0.3, -0.25) is 9.80 Å². The minimum absolute atomic E-state index is 0.438. The first-order valence-electron chi connectivity index (χ1n) is 20.3. The lowest BCUT2D eigenvalue weighted by atomic mass is 9.85. The summed E-state index contributed by atoms with van der Waals surface area (Å²) in [6, 6.07) is 61.3. The Morgan fingerprint density at radius 3 is 1.05 bits per heavy atom. The number of benzene rings is 7. The second-order valence-corrected chi connectivity index (χ2v) is 15.9. The van der Waals surface area contributed by atoms with E-state index in [-0.39, 0.29) is 0 Å². The van der Waals surface area contributed by atoms with Crippen LogP contribution >= 0.6 is 0 Å². The van der Waals surface area contributed by atoms with Crippen molar-refractivity contribution in [3.05, 3.63) is 193 Å². The molecule has 0 atom stereocenters. The summed E-state index contributed by atoms with van der Waals surface area (Å²) in [5.41, 5.74) is 11.4. The fraction of sp³-hybridized carbons (Fsp3) is 0.148. The van der Waals surface area contributed by atoms with Gasteiger partial charge in [-0.05, 0) is 141 Å². The van der Waals surface area contributed by atoms with Crippen LogP contribution < -0.4 is 9.80 Å². The molecule has 0 fully saturated rings. The lowest BCUT2D eigenvalue weighted by Gasteiger charge is -2.26. The van der Waals surface area contributed by atoms with E-state index in [4.69, 9.17) is 8.83 Å². The van der Waals surface area contributed by atoms with Gasteiger partial charge in [0.1, 0.15) is 11.5 Å². The third-order valence-corrected chi connectivity index (χ3v) is 11.3. The predicted octanol–water partition coefficient (Wildman–Crippen LogP) is 16.3. The maximum absolute atomic E-state index is 6.36. The van der Waals surface area contributed by atoms with Crippen LogP contribution in [0.1, 0.15) is 62.2 Å². The third-order valence-electron chi connectivity index (χ3n) is 11.3. The van der Waals surface area contributed by atoms with Gasteiger partial charge in [0.15, 0.2) is 0 Å². The first-order valence-corrected chi connectivity index (χ1v) is 20.3. The highest BCUT2D eigenvalue weighted by Gasteiger charge is 2.23. The molecule has 9 aromatic rings. The van der Waals surface area contributed by atoms with E-state index in [1.807, 2.05) is 26.0 Å². The quantitative estimate of drug-likeness (QED) is 0.130. The van der Waals surface area contributed by atoms with E-state index in [1.165, 1.54) is 33.0 Å². The lowest BCUT2D eigenvalue weighted by Crippen LogP contribution is -2.10. The normalized spacial score (nSPS) is 11.6. The van der Waals surface area contributed by atoms with Crippen LogP contribution in [-0.4, -0.2) is 0 Å². The van der Waals surface area contributed by atoms with Crippen LogP contribution in [0.4, 0.5) is 34.5 Å². The van der Waals surface area contributed by atoms with Crippen LogP contribution in [0.25, 0.3) is 43.8 Å². The SMILES string of the molecule is Cc1ccc(N(c2ccc(C(C)C)cc2)c2ccc3c(-c4ccccc4)c4cc(N(c5ccc(C(C)C)cc5)c5ccc(C)o5)ccc4c(-c4ccccc4)c3c2)o1. The van der Waals surface area contributed by atoms with Crippen LogP contribution in [0.2, 0.25) is 0 Å². The van der Waals surface area contributed by atoms with Crippen molar-refractivity contribution in [1.29, 1.82) is 0 Å². The molecule has 0 saturated carbocycles. The molecular formula is C54H48N2O2. The number of aryl methyl sites for hydroxylation is 2. The summed E-state index contributed by atoms with van der Waals surface area (Å²) in [6.45, 7) is 12.9. The first kappa shape index (κ1) is 36.8. The number of hydrogen-bond acceptors (Lipinski definition) is 4. The van der Waals surface area contributed by atoms with E-state index in [0.29, 0.717) is 11.8 Å². The summed E-state index contributed by atoms with van der Waals surface area (Å²) in [5, 5.41) is 4.67. The molecule has 2 heterocycles. The summed E-state index contributed by atoms with van der Waals surface area (Å²) >= 11 is 0. The smallest absolute Gasteiger partial charge is 0.204 e. The number of rotatable bonds is 10. The van der Waals surface area contributed by atoms with Gasteiger partial charge in [0, 0.05) is 34.9 Å². The van der Waals surface area contributed by atoms with Gasteiger partial charge in [0.2, 0.25) is 11.8 Å². The second-order valence-electron chi connectivity index (χ2n) is 15.9. The number of hydrogen-bond donors (Lipinski definition) is 0. The van der Waals surface area contributed by atoms with Crippen molar-refractivity contribution in [3.8, 4) is 22.3 Å². The van der Waals surface area contributed by atoms with E-state index >= 15 is 0 Å². The Morgan fingerprint density at radius 1 is 0.362 bits per heavy atom. The van der Waals surface area contributed by atoms with Crippen molar-refractivity contribution < 1.29 is 8.83 Å². The molecule has 0 radical (unpaired) electrons. The molecule has 4 nitrogen and oxygen atoms in total. The minimum atomic E-state index is 0.438. The topological polar surface area (TPSA) is 32.8 Å². The van der Waals surface area contributed by atoms with E-state index in [9.17, 15) is 0 Å². The number of fused-ring (bicyclic) bond motifs is 2. The maximum atomic E-state index is 6.36. The Labute approximate surface area is 341 Å². The molecule has 9 rings (SSSR count). The van der Waals surface area contributed by atoms with Gasteiger partial charge in [-0.15, -0.1) is 0 Å². The van der Waals surface area contributed by atoms with Gasteiger partial charge in [0.25, 0.3) is 0 Å². The van der Waals surface area contributed by atoms with Crippen molar-refractivity contribution in [1.82, 2.24) is 0 Å². The average molecular weight is 757 g/mol. The Bertz CT molecular complexity index is 2650. The van der Waals surface area contributed by atoms with Gasteiger partial charge in [-0.25, -0.2) is 0 Å². The van der Waals surface area contributed by atoms with Crippen molar-refractivity contribution in [2.75, 3.05) is 9.80 Å². The molecule has 0 aliphatic carbocycles. The molecule has 0 N–H and O–H groups in total. The number of nitrogens with zero attached hydrogens (tertiary/aromatic N) is 2. The van der Waals surface area contributed by atoms with Crippen LogP contribution in [0.3, 0.4) is 0 Å². The van der Waals surface area contributed by atoms with Gasteiger partial charge in [-0.2, -0.15) is 0 Å². The molecule has 0 unspecified atom stereocenters. The van der Waals surface area contributed by atoms with Crippen LogP contribution in [0, 0.1) is 13.8 Å².